The average Bonchev–Trinajstić information content (AvgIpc) is 3.10. The smallest absolute Gasteiger partial charge is 0.223 e. The van der Waals surface area contributed by atoms with E-state index in [4.69, 9.17) is 4.74 Å². The van der Waals surface area contributed by atoms with E-state index in [9.17, 15) is 4.79 Å². The molecule has 1 aliphatic rings. The van der Waals surface area contributed by atoms with Crippen molar-refractivity contribution in [2.75, 3.05) is 6.26 Å². The Morgan fingerprint density at radius 2 is 1.22 bits per heavy atom. The minimum absolute atomic E-state index is 0.213. The lowest BCUT2D eigenvalue weighted by Gasteiger charge is -2.12. The van der Waals surface area contributed by atoms with Gasteiger partial charge in [0.15, 0.2) is 5.60 Å². The van der Waals surface area contributed by atoms with Crippen LogP contribution in [0.1, 0.15) is 104 Å². The molecule has 3 heteroatoms. The summed E-state index contributed by atoms with van der Waals surface area (Å²) < 4.78 is 5.77. The molecule has 1 unspecified atom stereocenters. The normalized spacial score (nSPS) is 22.3. The number of carbonyl (C=O) groups excluding carboxylic acids is 1. The molecule has 0 radical (unpaired) electrons. The van der Waals surface area contributed by atoms with Crippen LogP contribution in [0.3, 0.4) is 0 Å². The van der Waals surface area contributed by atoms with Gasteiger partial charge in [-0.05, 0) is 32.9 Å². The highest BCUT2D eigenvalue weighted by atomic mass is 32.2. The summed E-state index contributed by atoms with van der Waals surface area (Å²) in [6.07, 6.45) is 19.0. The van der Waals surface area contributed by atoms with Crippen LogP contribution in [0, 0.1) is 0 Å². The van der Waals surface area contributed by atoms with Crippen molar-refractivity contribution in [3.05, 3.63) is 0 Å². The number of carbonyl (C=O) groups is 1. The van der Waals surface area contributed by atoms with E-state index in [1.807, 2.05) is 20.1 Å². The lowest BCUT2D eigenvalue weighted by atomic mass is 9.91. The number of epoxide rings is 1. The Labute approximate surface area is 148 Å². The topological polar surface area (TPSA) is 29.6 Å². The highest BCUT2D eigenvalue weighted by molar-refractivity contribution is 8.13. The summed E-state index contributed by atoms with van der Waals surface area (Å²) in [5, 5.41) is 0.213. The van der Waals surface area contributed by atoms with E-state index in [1.54, 1.807) is 0 Å². The Bertz CT molecular complexity index is 341. The zero-order chi connectivity index (χ0) is 17.2. The van der Waals surface area contributed by atoms with Gasteiger partial charge in [-0.25, -0.2) is 0 Å². The summed E-state index contributed by atoms with van der Waals surface area (Å²) in [6.45, 7) is 6.36. The van der Waals surface area contributed by atoms with Gasteiger partial charge in [0.2, 0.25) is 5.12 Å². The van der Waals surface area contributed by atoms with Gasteiger partial charge in [-0.3, -0.25) is 4.79 Å². The fourth-order valence-electron chi connectivity index (χ4n) is 3.53. The van der Waals surface area contributed by atoms with Gasteiger partial charge in [0.1, 0.15) is 5.60 Å². The van der Waals surface area contributed by atoms with Crippen LogP contribution in [0.4, 0.5) is 0 Å². The first-order valence-corrected chi connectivity index (χ1v) is 11.0. The van der Waals surface area contributed by atoms with E-state index < -0.39 is 5.60 Å². The molecule has 0 saturated carbocycles. The predicted molar refractivity (Wildman–Crippen MR) is 102 cm³/mol. The van der Waals surface area contributed by atoms with E-state index in [0.29, 0.717) is 0 Å². The van der Waals surface area contributed by atoms with Crippen molar-refractivity contribution in [3.8, 4) is 0 Å². The first-order valence-electron chi connectivity index (χ1n) is 9.79. The number of ether oxygens (including phenoxy) is 1. The maximum Gasteiger partial charge on any atom is 0.223 e. The zero-order valence-electron chi connectivity index (χ0n) is 15.9. The van der Waals surface area contributed by atoms with Gasteiger partial charge in [0.25, 0.3) is 0 Å². The van der Waals surface area contributed by atoms with E-state index >= 15 is 0 Å². The molecule has 1 saturated heterocycles. The van der Waals surface area contributed by atoms with Gasteiger partial charge in [-0.15, -0.1) is 0 Å². The van der Waals surface area contributed by atoms with Gasteiger partial charge < -0.3 is 4.74 Å². The van der Waals surface area contributed by atoms with Gasteiger partial charge in [-0.1, -0.05) is 89.3 Å². The van der Waals surface area contributed by atoms with Crippen LogP contribution in [-0.2, 0) is 9.53 Å². The molecule has 0 aliphatic carbocycles. The number of hydrogen-bond donors (Lipinski definition) is 0. The van der Waals surface area contributed by atoms with Crippen molar-refractivity contribution < 1.29 is 9.53 Å². The quantitative estimate of drug-likeness (QED) is 0.266. The van der Waals surface area contributed by atoms with E-state index in [0.717, 1.165) is 12.8 Å². The van der Waals surface area contributed by atoms with Crippen molar-refractivity contribution in [1.29, 1.82) is 0 Å². The van der Waals surface area contributed by atoms with Crippen molar-refractivity contribution in [2.24, 2.45) is 0 Å². The lowest BCUT2D eigenvalue weighted by Crippen LogP contribution is -2.29. The summed E-state index contributed by atoms with van der Waals surface area (Å²) in [5.74, 6) is 0. The van der Waals surface area contributed by atoms with Crippen LogP contribution in [0.15, 0.2) is 0 Å². The predicted octanol–water partition coefficient (Wildman–Crippen LogP) is 6.51. The molecular weight excluding hydrogens is 304 g/mol. The largest absolute Gasteiger partial charge is 0.354 e. The summed E-state index contributed by atoms with van der Waals surface area (Å²) in [6, 6.07) is 0. The molecule has 1 fully saturated rings. The van der Waals surface area contributed by atoms with Crippen LogP contribution in [0.2, 0.25) is 0 Å². The molecule has 0 spiro atoms. The molecule has 23 heavy (non-hydrogen) atoms. The van der Waals surface area contributed by atoms with E-state index in [1.165, 1.54) is 82.4 Å². The van der Waals surface area contributed by atoms with Crippen LogP contribution < -0.4 is 0 Å². The Morgan fingerprint density at radius 3 is 1.57 bits per heavy atom. The summed E-state index contributed by atoms with van der Waals surface area (Å²) in [4.78, 5) is 12.1. The molecule has 1 rings (SSSR count). The third-order valence-electron chi connectivity index (χ3n) is 5.26. The molecule has 136 valence electrons. The summed E-state index contributed by atoms with van der Waals surface area (Å²) >= 11 is 1.32. The molecule has 1 atom stereocenters. The third kappa shape index (κ3) is 6.78. The summed E-state index contributed by atoms with van der Waals surface area (Å²) in [5.41, 5.74) is -0.726. The molecule has 0 aromatic rings. The molecule has 1 heterocycles. The van der Waals surface area contributed by atoms with E-state index in [-0.39, 0.29) is 10.7 Å². The molecule has 0 aromatic heterocycles. The van der Waals surface area contributed by atoms with Gasteiger partial charge in [-0.2, -0.15) is 0 Å². The fraction of sp³-hybridized carbons (Fsp3) is 0.950. The Morgan fingerprint density at radius 1 is 0.826 bits per heavy atom. The second-order valence-electron chi connectivity index (χ2n) is 7.57. The maximum absolute atomic E-state index is 12.1. The molecular formula is C20H38O2S. The van der Waals surface area contributed by atoms with Crippen molar-refractivity contribution in [1.82, 2.24) is 0 Å². The lowest BCUT2D eigenvalue weighted by molar-refractivity contribution is -0.115. The van der Waals surface area contributed by atoms with Gasteiger partial charge in [0, 0.05) is 0 Å². The number of rotatable bonds is 14. The second-order valence-corrected chi connectivity index (χ2v) is 8.35. The molecule has 0 amide bonds. The average molecular weight is 343 g/mol. The Kier molecular flexibility index (Phi) is 9.84. The standard InChI is InChI=1S/C20H38O2S/c1-5-6-7-8-9-10-11-12-13-14-15-16-17-20(18(21)23-4)19(2,3)22-20/h5-17H2,1-4H3. The highest BCUT2D eigenvalue weighted by Crippen LogP contribution is 2.53. The fourth-order valence-corrected chi connectivity index (χ4v) is 4.25. The van der Waals surface area contributed by atoms with Gasteiger partial charge in [0.05, 0.1) is 0 Å². The van der Waals surface area contributed by atoms with Crippen molar-refractivity contribution in [2.45, 2.75) is 115 Å². The minimum atomic E-state index is -0.481. The third-order valence-corrected chi connectivity index (χ3v) is 5.96. The number of unbranched alkanes of at least 4 members (excludes halogenated alkanes) is 11. The molecule has 0 bridgehead atoms. The minimum Gasteiger partial charge on any atom is -0.354 e. The highest BCUT2D eigenvalue weighted by Gasteiger charge is 2.67. The summed E-state index contributed by atoms with van der Waals surface area (Å²) in [7, 11) is 0. The Hall–Kier alpha value is -0.0200. The number of hydrogen-bond acceptors (Lipinski definition) is 3. The molecule has 0 N–H and O–H groups in total. The van der Waals surface area contributed by atoms with Crippen molar-refractivity contribution >= 4 is 16.9 Å². The monoisotopic (exact) mass is 342 g/mol. The first kappa shape index (κ1) is 21.0. The Balaban J connectivity index is 1.95. The molecule has 1 aliphatic heterocycles. The van der Waals surface area contributed by atoms with Crippen molar-refractivity contribution in [3.63, 3.8) is 0 Å². The molecule has 0 aromatic carbocycles. The maximum atomic E-state index is 12.1. The zero-order valence-corrected chi connectivity index (χ0v) is 16.7. The first-order chi connectivity index (χ1) is 11.0. The van der Waals surface area contributed by atoms with Crippen LogP contribution in [0.5, 0.6) is 0 Å². The van der Waals surface area contributed by atoms with E-state index in [2.05, 4.69) is 6.92 Å². The van der Waals surface area contributed by atoms with Crippen LogP contribution in [-0.4, -0.2) is 22.6 Å². The second kappa shape index (κ2) is 10.8. The number of thioether (sulfide) groups is 1. The van der Waals surface area contributed by atoms with Crippen LogP contribution in [0.25, 0.3) is 0 Å². The van der Waals surface area contributed by atoms with Crippen LogP contribution >= 0.6 is 11.8 Å². The molecule has 2 nitrogen and oxygen atoms in total. The SMILES string of the molecule is CCCCCCCCCCCCCCC1(C(=O)SC)OC1(C)C. The van der Waals surface area contributed by atoms with Gasteiger partial charge >= 0.3 is 0 Å².